The Morgan fingerprint density at radius 3 is 2.67 bits per heavy atom. The van der Waals surface area contributed by atoms with Gasteiger partial charge in [-0.05, 0) is 43.5 Å². The van der Waals surface area contributed by atoms with Crippen molar-refractivity contribution in [2.24, 2.45) is 0 Å². The van der Waals surface area contributed by atoms with Gasteiger partial charge >= 0.3 is 0 Å². The smallest absolute Gasteiger partial charge is 0.293 e. The van der Waals surface area contributed by atoms with Crippen molar-refractivity contribution in [1.29, 1.82) is 0 Å². The van der Waals surface area contributed by atoms with E-state index in [9.17, 15) is 14.9 Å². The van der Waals surface area contributed by atoms with Gasteiger partial charge in [-0.2, -0.15) is 0 Å². The van der Waals surface area contributed by atoms with E-state index in [1.54, 1.807) is 30.3 Å². The van der Waals surface area contributed by atoms with E-state index in [4.69, 9.17) is 4.74 Å². The topological polar surface area (TPSA) is 84.7 Å². The SMILES string of the molecule is CCCOc1ccccc1NC(=O)c1ccc(N2CCCC2)c([N+](=O)[O-])c1. The van der Waals surface area contributed by atoms with Crippen molar-refractivity contribution in [2.45, 2.75) is 26.2 Å². The zero-order valence-electron chi connectivity index (χ0n) is 15.3. The van der Waals surface area contributed by atoms with Crippen molar-refractivity contribution >= 4 is 23.0 Å². The maximum Gasteiger partial charge on any atom is 0.293 e. The number of carbonyl (C=O) groups is 1. The second-order valence-corrected chi connectivity index (χ2v) is 6.45. The lowest BCUT2D eigenvalue weighted by molar-refractivity contribution is -0.384. The van der Waals surface area contributed by atoms with Gasteiger partial charge in [0.15, 0.2) is 0 Å². The van der Waals surface area contributed by atoms with Crippen LogP contribution in [-0.2, 0) is 0 Å². The van der Waals surface area contributed by atoms with Crippen LogP contribution in [-0.4, -0.2) is 30.5 Å². The number of benzene rings is 2. The normalized spacial score (nSPS) is 13.4. The minimum atomic E-state index is -0.428. The van der Waals surface area contributed by atoms with Crippen molar-refractivity contribution in [3.8, 4) is 5.75 Å². The number of nitro groups is 1. The molecule has 142 valence electrons. The third-order valence-electron chi connectivity index (χ3n) is 4.48. The minimum absolute atomic E-state index is 0.0416. The van der Waals surface area contributed by atoms with Crippen molar-refractivity contribution in [3.63, 3.8) is 0 Å². The second-order valence-electron chi connectivity index (χ2n) is 6.45. The molecule has 0 aliphatic carbocycles. The number of amides is 1. The van der Waals surface area contributed by atoms with Gasteiger partial charge in [-0.15, -0.1) is 0 Å². The zero-order valence-corrected chi connectivity index (χ0v) is 15.3. The fraction of sp³-hybridized carbons (Fsp3) is 0.350. The molecular weight excluding hydrogens is 346 g/mol. The largest absolute Gasteiger partial charge is 0.491 e. The van der Waals surface area contributed by atoms with Crippen molar-refractivity contribution in [2.75, 3.05) is 29.9 Å². The van der Waals surface area contributed by atoms with Gasteiger partial charge < -0.3 is 15.0 Å². The third kappa shape index (κ3) is 4.36. The molecule has 1 aliphatic rings. The average molecular weight is 369 g/mol. The molecule has 0 unspecified atom stereocenters. The molecule has 0 spiro atoms. The molecule has 1 heterocycles. The number of hydrogen-bond acceptors (Lipinski definition) is 5. The lowest BCUT2D eigenvalue weighted by atomic mass is 10.1. The molecule has 27 heavy (non-hydrogen) atoms. The summed E-state index contributed by atoms with van der Waals surface area (Å²) in [6, 6.07) is 11.8. The van der Waals surface area contributed by atoms with Crippen LogP contribution in [0.25, 0.3) is 0 Å². The van der Waals surface area contributed by atoms with E-state index in [0.717, 1.165) is 32.4 Å². The van der Waals surface area contributed by atoms with Crippen LogP contribution in [0.15, 0.2) is 42.5 Å². The zero-order chi connectivity index (χ0) is 19.2. The summed E-state index contributed by atoms with van der Waals surface area (Å²) >= 11 is 0. The average Bonchev–Trinajstić information content (AvgIpc) is 3.21. The maximum absolute atomic E-state index is 12.6. The fourth-order valence-corrected chi connectivity index (χ4v) is 3.14. The molecule has 3 rings (SSSR count). The van der Waals surface area contributed by atoms with Gasteiger partial charge in [0.1, 0.15) is 11.4 Å². The second kappa shape index (κ2) is 8.53. The number of nitrogens with one attached hydrogen (secondary N) is 1. The Bertz CT molecular complexity index is 832. The van der Waals surface area contributed by atoms with Crippen molar-refractivity contribution in [3.05, 3.63) is 58.1 Å². The van der Waals surface area contributed by atoms with Crippen LogP contribution in [0, 0.1) is 10.1 Å². The highest BCUT2D eigenvalue weighted by Crippen LogP contribution is 2.32. The molecule has 2 aromatic rings. The predicted octanol–water partition coefficient (Wildman–Crippen LogP) is 4.24. The molecule has 1 saturated heterocycles. The van der Waals surface area contributed by atoms with Crippen LogP contribution in [0.3, 0.4) is 0 Å². The molecule has 0 bridgehead atoms. The molecule has 1 fully saturated rings. The van der Waals surface area contributed by atoms with Gasteiger partial charge in [0, 0.05) is 24.7 Å². The summed E-state index contributed by atoms with van der Waals surface area (Å²) in [6.45, 7) is 4.15. The van der Waals surface area contributed by atoms with Crippen LogP contribution in [0.4, 0.5) is 17.1 Å². The Kier molecular flexibility index (Phi) is 5.90. The molecule has 0 saturated carbocycles. The number of ether oxygens (including phenoxy) is 1. The number of nitro benzene ring substituents is 1. The summed E-state index contributed by atoms with van der Waals surface area (Å²) in [7, 11) is 0. The number of carbonyl (C=O) groups excluding carboxylic acids is 1. The monoisotopic (exact) mass is 369 g/mol. The highest BCUT2D eigenvalue weighted by Gasteiger charge is 2.24. The van der Waals surface area contributed by atoms with Crippen LogP contribution < -0.4 is 15.0 Å². The molecule has 7 heteroatoms. The standard InChI is InChI=1S/C20H23N3O4/c1-2-13-27-19-8-4-3-7-16(19)21-20(24)15-9-10-17(18(14-15)23(25)26)22-11-5-6-12-22/h3-4,7-10,14H,2,5-6,11-13H2,1H3,(H,21,24). The molecule has 0 radical (unpaired) electrons. The summed E-state index contributed by atoms with van der Waals surface area (Å²) in [5.74, 6) is 0.175. The highest BCUT2D eigenvalue weighted by atomic mass is 16.6. The summed E-state index contributed by atoms with van der Waals surface area (Å²) in [5, 5.41) is 14.3. The van der Waals surface area contributed by atoms with E-state index >= 15 is 0 Å². The Hall–Kier alpha value is -3.09. The van der Waals surface area contributed by atoms with Crippen molar-refractivity contribution in [1.82, 2.24) is 0 Å². The number of anilines is 2. The number of rotatable bonds is 7. The van der Waals surface area contributed by atoms with Crippen molar-refractivity contribution < 1.29 is 14.5 Å². The lowest BCUT2D eigenvalue weighted by Gasteiger charge is -2.18. The molecule has 1 N–H and O–H groups in total. The summed E-state index contributed by atoms with van der Waals surface area (Å²) in [5.41, 5.74) is 1.32. The number of hydrogen-bond donors (Lipinski definition) is 1. The van der Waals surface area contributed by atoms with Crippen LogP contribution >= 0.6 is 0 Å². The van der Waals surface area contributed by atoms with E-state index in [1.807, 2.05) is 17.9 Å². The Labute approximate surface area is 158 Å². The first kappa shape index (κ1) is 18.7. The summed E-state index contributed by atoms with van der Waals surface area (Å²) < 4.78 is 5.64. The lowest BCUT2D eigenvalue weighted by Crippen LogP contribution is -2.20. The van der Waals surface area contributed by atoms with Crippen LogP contribution in [0.5, 0.6) is 5.75 Å². The molecule has 2 aromatic carbocycles. The first-order chi connectivity index (χ1) is 13.1. The van der Waals surface area contributed by atoms with Gasteiger partial charge in [0.25, 0.3) is 11.6 Å². The van der Waals surface area contributed by atoms with Gasteiger partial charge in [0.2, 0.25) is 0 Å². The van der Waals surface area contributed by atoms with Gasteiger partial charge in [0.05, 0.1) is 17.2 Å². The summed E-state index contributed by atoms with van der Waals surface area (Å²) in [4.78, 5) is 25.7. The Morgan fingerprint density at radius 2 is 1.96 bits per heavy atom. The van der Waals surface area contributed by atoms with E-state index in [-0.39, 0.29) is 11.3 Å². The molecule has 1 amide bonds. The molecule has 7 nitrogen and oxygen atoms in total. The number of nitrogens with zero attached hydrogens (tertiary/aromatic N) is 2. The number of para-hydroxylation sites is 2. The van der Waals surface area contributed by atoms with E-state index in [2.05, 4.69) is 5.32 Å². The Balaban J connectivity index is 1.83. The van der Waals surface area contributed by atoms with Gasteiger partial charge in [-0.1, -0.05) is 19.1 Å². The quantitative estimate of drug-likeness (QED) is 0.583. The van der Waals surface area contributed by atoms with E-state index in [1.165, 1.54) is 6.07 Å². The Morgan fingerprint density at radius 1 is 1.22 bits per heavy atom. The molecule has 0 aromatic heterocycles. The molecular formula is C20H23N3O4. The molecule has 1 aliphatic heterocycles. The van der Waals surface area contributed by atoms with Crippen LogP contribution in [0.2, 0.25) is 0 Å². The predicted molar refractivity (Wildman–Crippen MR) is 105 cm³/mol. The van der Waals surface area contributed by atoms with Crippen LogP contribution in [0.1, 0.15) is 36.5 Å². The fourth-order valence-electron chi connectivity index (χ4n) is 3.14. The summed E-state index contributed by atoms with van der Waals surface area (Å²) in [6.07, 6.45) is 2.90. The first-order valence-electron chi connectivity index (χ1n) is 9.16. The van der Waals surface area contributed by atoms with Gasteiger partial charge in [-0.3, -0.25) is 14.9 Å². The van der Waals surface area contributed by atoms with E-state index < -0.39 is 10.8 Å². The first-order valence-corrected chi connectivity index (χ1v) is 9.16. The molecule has 0 atom stereocenters. The van der Waals surface area contributed by atoms with Gasteiger partial charge in [-0.25, -0.2) is 0 Å². The third-order valence-corrected chi connectivity index (χ3v) is 4.48. The highest BCUT2D eigenvalue weighted by molar-refractivity contribution is 6.05. The minimum Gasteiger partial charge on any atom is -0.491 e. The van der Waals surface area contributed by atoms with E-state index in [0.29, 0.717) is 23.7 Å². The maximum atomic E-state index is 12.6.